The van der Waals surface area contributed by atoms with E-state index in [2.05, 4.69) is 17.2 Å². The van der Waals surface area contributed by atoms with Crippen molar-refractivity contribution in [3.8, 4) is 5.75 Å². The van der Waals surface area contributed by atoms with E-state index >= 15 is 0 Å². The number of anilines is 2. The maximum Gasteiger partial charge on any atom is 0.253 e. The Hall–Kier alpha value is -3.61. The summed E-state index contributed by atoms with van der Waals surface area (Å²) in [5, 5.41) is 5.51. The highest BCUT2D eigenvalue weighted by Gasteiger charge is 2.35. The molecule has 2 aromatic carbocycles. The molecule has 1 unspecified atom stereocenters. The minimum absolute atomic E-state index is 0.112. The first-order valence-electron chi connectivity index (χ1n) is 10.4. The van der Waals surface area contributed by atoms with E-state index in [0.717, 1.165) is 17.9 Å². The van der Waals surface area contributed by atoms with Gasteiger partial charge in [-0.15, -0.1) is 6.58 Å². The molecular weight excluding hydrogens is 394 g/mol. The van der Waals surface area contributed by atoms with Gasteiger partial charge in [-0.25, -0.2) is 0 Å². The molecule has 3 amide bonds. The molecule has 0 saturated carbocycles. The highest BCUT2D eigenvalue weighted by molar-refractivity contribution is 6.07. The van der Waals surface area contributed by atoms with Gasteiger partial charge < -0.3 is 20.3 Å². The number of para-hydroxylation sites is 1. The lowest BCUT2D eigenvalue weighted by Gasteiger charge is -2.18. The SMILES string of the molecule is C=CCNC(=O)c1ccccc1NC(=O)C1CC(=O)N(c2ccc(OCCC)cc2)C1. The predicted octanol–water partition coefficient (Wildman–Crippen LogP) is 3.38. The summed E-state index contributed by atoms with van der Waals surface area (Å²) < 4.78 is 5.57. The van der Waals surface area contributed by atoms with E-state index in [-0.39, 0.29) is 30.7 Å². The molecule has 7 nitrogen and oxygen atoms in total. The molecule has 2 aromatic rings. The van der Waals surface area contributed by atoms with Crippen LogP contribution in [0.5, 0.6) is 5.75 Å². The Labute approximate surface area is 182 Å². The van der Waals surface area contributed by atoms with Crippen molar-refractivity contribution in [1.29, 1.82) is 0 Å². The van der Waals surface area contributed by atoms with Crippen LogP contribution < -0.4 is 20.3 Å². The van der Waals surface area contributed by atoms with Crippen LogP contribution in [0.25, 0.3) is 0 Å². The monoisotopic (exact) mass is 421 g/mol. The van der Waals surface area contributed by atoms with Crippen molar-refractivity contribution >= 4 is 29.1 Å². The summed E-state index contributed by atoms with van der Waals surface area (Å²) in [6, 6.07) is 14.1. The molecule has 162 valence electrons. The lowest BCUT2D eigenvalue weighted by molar-refractivity contribution is -0.122. The Bertz CT molecular complexity index is 956. The Balaban J connectivity index is 1.66. The molecule has 3 rings (SSSR count). The Morgan fingerprint density at radius 2 is 1.94 bits per heavy atom. The second-order valence-corrected chi connectivity index (χ2v) is 7.28. The molecule has 0 radical (unpaired) electrons. The first-order chi connectivity index (χ1) is 15.0. The van der Waals surface area contributed by atoms with Gasteiger partial charge in [0.25, 0.3) is 5.91 Å². The quantitative estimate of drug-likeness (QED) is 0.608. The van der Waals surface area contributed by atoms with Crippen molar-refractivity contribution < 1.29 is 19.1 Å². The summed E-state index contributed by atoms with van der Waals surface area (Å²) in [6.45, 7) is 6.86. The summed E-state index contributed by atoms with van der Waals surface area (Å²) in [5.74, 6) is -0.460. The first-order valence-corrected chi connectivity index (χ1v) is 10.4. The zero-order chi connectivity index (χ0) is 22.2. The molecule has 31 heavy (non-hydrogen) atoms. The minimum Gasteiger partial charge on any atom is -0.494 e. The van der Waals surface area contributed by atoms with Crippen molar-refractivity contribution in [2.24, 2.45) is 5.92 Å². The number of ether oxygens (including phenoxy) is 1. The van der Waals surface area contributed by atoms with Crippen LogP contribution in [0.1, 0.15) is 30.1 Å². The molecule has 1 atom stereocenters. The van der Waals surface area contributed by atoms with Crippen LogP contribution >= 0.6 is 0 Å². The van der Waals surface area contributed by atoms with E-state index in [1.165, 1.54) is 0 Å². The largest absolute Gasteiger partial charge is 0.494 e. The van der Waals surface area contributed by atoms with E-state index in [9.17, 15) is 14.4 Å². The van der Waals surface area contributed by atoms with E-state index in [1.807, 2.05) is 31.2 Å². The van der Waals surface area contributed by atoms with Crippen molar-refractivity contribution in [3.63, 3.8) is 0 Å². The number of carbonyl (C=O) groups excluding carboxylic acids is 3. The van der Waals surface area contributed by atoms with Gasteiger partial charge in [-0.3, -0.25) is 14.4 Å². The molecule has 7 heteroatoms. The van der Waals surface area contributed by atoms with Crippen LogP contribution in [-0.2, 0) is 9.59 Å². The molecule has 1 aliphatic rings. The summed E-state index contributed by atoms with van der Waals surface area (Å²) in [6.07, 6.45) is 2.62. The summed E-state index contributed by atoms with van der Waals surface area (Å²) in [5.41, 5.74) is 1.51. The molecule has 1 fully saturated rings. The molecule has 2 N–H and O–H groups in total. The standard InChI is InChI=1S/C24H27N3O4/c1-3-13-25-24(30)20-7-5-6-8-21(20)26-23(29)17-15-22(28)27(16-17)18-9-11-19(12-10-18)31-14-4-2/h3,5-12,17H,1,4,13-16H2,2H3,(H,25,30)(H,26,29). The fraction of sp³-hybridized carbons (Fsp3) is 0.292. The van der Waals surface area contributed by atoms with Crippen LogP contribution in [-0.4, -0.2) is 37.4 Å². The van der Waals surface area contributed by atoms with Crippen molar-refractivity contribution in [2.75, 3.05) is 29.9 Å². The topological polar surface area (TPSA) is 87.7 Å². The van der Waals surface area contributed by atoms with E-state index in [0.29, 0.717) is 24.4 Å². The zero-order valence-electron chi connectivity index (χ0n) is 17.6. The van der Waals surface area contributed by atoms with E-state index < -0.39 is 5.92 Å². The average Bonchev–Trinajstić information content (AvgIpc) is 3.18. The van der Waals surface area contributed by atoms with E-state index in [4.69, 9.17) is 4.74 Å². The van der Waals surface area contributed by atoms with Gasteiger partial charge in [0.15, 0.2) is 0 Å². The Morgan fingerprint density at radius 3 is 2.65 bits per heavy atom. The van der Waals surface area contributed by atoms with Gasteiger partial charge in [-0.05, 0) is 42.8 Å². The third-order valence-corrected chi connectivity index (χ3v) is 4.95. The fourth-order valence-corrected chi connectivity index (χ4v) is 3.36. The molecule has 1 aliphatic heterocycles. The highest BCUT2D eigenvalue weighted by Crippen LogP contribution is 2.28. The number of hydrogen-bond donors (Lipinski definition) is 2. The molecule has 1 heterocycles. The summed E-state index contributed by atoms with van der Waals surface area (Å²) >= 11 is 0. The normalized spacial score (nSPS) is 15.5. The number of hydrogen-bond acceptors (Lipinski definition) is 4. The van der Waals surface area contributed by atoms with Gasteiger partial charge in [0.05, 0.1) is 23.8 Å². The fourth-order valence-electron chi connectivity index (χ4n) is 3.36. The van der Waals surface area contributed by atoms with Gasteiger partial charge >= 0.3 is 0 Å². The highest BCUT2D eigenvalue weighted by atomic mass is 16.5. The number of nitrogens with zero attached hydrogens (tertiary/aromatic N) is 1. The second-order valence-electron chi connectivity index (χ2n) is 7.28. The summed E-state index contributed by atoms with van der Waals surface area (Å²) in [7, 11) is 0. The molecule has 0 spiro atoms. The zero-order valence-corrected chi connectivity index (χ0v) is 17.6. The molecule has 1 saturated heterocycles. The molecule has 0 aliphatic carbocycles. The maximum absolute atomic E-state index is 12.8. The second kappa shape index (κ2) is 10.4. The van der Waals surface area contributed by atoms with Crippen LogP contribution in [0.15, 0.2) is 61.2 Å². The number of benzene rings is 2. The lowest BCUT2D eigenvalue weighted by Crippen LogP contribution is -2.29. The number of carbonyl (C=O) groups is 3. The predicted molar refractivity (Wildman–Crippen MR) is 120 cm³/mol. The number of amides is 3. The average molecular weight is 421 g/mol. The van der Waals surface area contributed by atoms with E-state index in [1.54, 1.807) is 35.2 Å². The van der Waals surface area contributed by atoms with Crippen LogP contribution in [0.2, 0.25) is 0 Å². The minimum atomic E-state index is -0.507. The van der Waals surface area contributed by atoms with Crippen molar-refractivity contribution in [2.45, 2.75) is 19.8 Å². The van der Waals surface area contributed by atoms with Crippen molar-refractivity contribution in [3.05, 3.63) is 66.7 Å². The van der Waals surface area contributed by atoms with Crippen LogP contribution in [0.3, 0.4) is 0 Å². The number of nitrogens with one attached hydrogen (secondary N) is 2. The Kier molecular flexibility index (Phi) is 7.43. The molecular formula is C24H27N3O4. The molecule has 0 aromatic heterocycles. The van der Waals surface area contributed by atoms with Gasteiger partial charge in [0.2, 0.25) is 11.8 Å². The number of rotatable bonds is 9. The Morgan fingerprint density at radius 1 is 1.19 bits per heavy atom. The maximum atomic E-state index is 12.8. The van der Waals surface area contributed by atoms with Gasteiger partial charge in [-0.2, -0.15) is 0 Å². The third-order valence-electron chi connectivity index (χ3n) is 4.95. The third kappa shape index (κ3) is 5.51. The van der Waals surface area contributed by atoms with Gasteiger partial charge in [-0.1, -0.05) is 25.1 Å². The van der Waals surface area contributed by atoms with Crippen LogP contribution in [0, 0.1) is 5.92 Å². The molecule has 0 bridgehead atoms. The van der Waals surface area contributed by atoms with Gasteiger partial charge in [0.1, 0.15) is 5.75 Å². The van der Waals surface area contributed by atoms with Crippen LogP contribution in [0.4, 0.5) is 11.4 Å². The van der Waals surface area contributed by atoms with Gasteiger partial charge in [0, 0.05) is 25.2 Å². The first kappa shape index (κ1) is 22.1. The lowest BCUT2D eigenvalue weighted by atomic mass is 10.1. The smallest absolute Gasteiger partial charge is 0.253 e. The summed E-state index contributed by atoms with van der Waals surface area (Å²) in [4.78, 5) is 39.3. The van der Waals surface area contributed by atoms with Crippen molar-refractivity contribution in [1.82, 2.24) is 5.32 Å².